The lowest BCUT2D eigenvalue weighted by Crippen LogP contribution is -2.03. The molecule has 0 radical (unpaired) electrons. The summed E-state index contributed by atoms with van der Waals surface area (Å²) in [7, 11) is 0. The van der Waals surface area contributed by atoms with Crippen LogP contribution in [0.3, 0.4) is 0 Å². The van der Waals surface area contributed by atoms with E-state index >= 15 is 0 Å². The first-order valence-electron chi connectivity index (χ1n) is 5.73. The summed E-state index contributed by atoms with van der Waals surface area (Å²) in [5, 5.41) is 1.46. The number of hydrogen-bond acceptors (Lipinski definition) is 6. The molecule has 100 valence electrons. The molecule has 0 spiro atoms. The second kappa shape index (κ2) is 6.72. The molecule has 0 aliphatic carbocycles. The SMILES string of the molecule is CCCOc1ncnc(Sc2ccc(Br)cn2)c1N. The van der Waals surface area contributed by atoms with Gasteiger partial charge in [0.25, 0.3) is 0 Å². The number of nitrogen functional groups attached to an aromatic ring is 1. The van der Waals surface area contributed by atoms with E-state index in [-0.39, 0.29) is 0 Å². The number of halogens is 1. The van der Waals surface area contributed by atoms with Gasteiger partial charge < -0.3 is 10.5 Å². The van der Waals surface area contributed by atoms with E-state index in [0.717, 1.165) is 15.9 Å². The predicted molar refractivity (Wildman–Crippen MR) is 78.3 cm³/mol. The Balaban J connectivity index is 2.18. The van der Waals surface area contributed by atoms with Crippen LogP contribution in [0, 0.1) is 0 Å². The van der Waals surface area contributed by atoms with Gasteiger partial charge in [0.15, 0.2) is 0 Å². The van der Waals surface area contributed by atoms with Crippen molar-refractivity contribution in [2.24, 2.45) is 0 Å². The number of nitrogens with two attached hydrogens (primary N) is 1. The lowest BCUT2D eigenvalue weighted by atomic mass is 10.5. The molecular formula is C12H13BrN4OS. The monoisotopic (exact) mass is 340 g/mol. The quantitative estimate of drug-likeness (QED) is 0.842. The highest BCUT2D eigenvalue weighted by atomic mass is 79.9. The highest BCUT2D eigenvalue weighted by Gasteiger charge is 2.11. The molecule has 5 nitrogen and oxygen atoms in total. The zero-order valence-corrected chi connectivity index (χ0v) is 12.7. The summed E-state index contributed by atoms with van der Waals surface area (Å²) < 4.78 is 6.40. The zero-order chi connectivity index (χ0) is 13.7. The molecule has 0 aliphatic heterocycles. The molecule has 0 aliphatic rings. The Bertz CT molecular complexity index is 550. The van der Waals surface area contributed by atoms with Gasteiger partial charge >= 0.3 is 0 Å². The first-order valence-corrected chi connectivity index (χ1v) is 7.34. The molecule has 0 atom stereocenters. The van der Waals surface area contributed by atoms with E-state index in [1.54, 1.807) is 6.20 Å². The fourth-order valence-corrected chi connectivity index (χ4v) is 2.25. The van der Waals surface area contributed by atoms with Gasteiger partial charge in [-0.1, -0.05) is 6.92 Å². The smallest absolute Gasteiger partial charge is 0.241 e. The Hall–Kier alpha value is -1.34. The Kier molecular flexibility index (Phi) is 4.98. The zero-order valence-electron chi connectivity index (χ0n) is 10.3. The van der Waals surface area contributed by atoms with Gasteiger partial charge in [0, 0.05) is 10.7 Å². The molecule has 0 unspecified atom stereocenters. The second-order valence-electron chi connectivity index (χ2n) is 3.66. The van der Waals surface area contributed by atoms with E-state index in [1.807, 2.05) is 19.1 Å². The molecule has 0 saturated carbocycles. The lowest BCUT2D eigenvalue weighted by Gasteiger charge is -2.09. The highest BCUT2D eigenvalue weighted by molar-refractivity contribution is 9.10. The molecule has 2 heterocycles. The molecule has 2 aromatic heterocycles. The maximum absolute atomic E-state index is 5.99. The molecule has 7 heteroatoms. The molecule has 19 heavy (non-hydrogen) atoms. The average molecular weight is 341 g/mol. The van der Waals surface area contributed by atoms with Crippen LogP contribution in [0.25, 0.3) is 0 Å². The number of hydrogen-bond donors (Lipinski definition) is 1. The summed E-state index contributed by atoms with van der Waals surface area (Å²) >= 11 is 4.73. The topological polar surface area (TPSA) is 73.9 Å². The first kappa shape index (κ1) is 14.1. The molecule has 2 N–H and O–H groups in total. The van der Waals surface area contributed by atoms with Crippen LogP contribution < -0.4 is 10.5 Å². The summed E-state index contributed by atoms with van der Waals surface area (Å²) in [6.07, 6.45) is 4.08. The van der Waals surface area contributed by atoms with Gasteiger partial charge in [0.1, 0.15) is 22.1 Å². The molecule has 0 bridgehead atoms. The third kappa shape index (κ3) is 3.81. The van der Waals surface area contributed by atoms with Crippen molar-refractivity contribution < 1.29 is 4.74 Å². The van der Waals surface area contributed by atoms with Crippen LogP contribution in [0.5, 0.6) is 5.88 Å². The van der Waals surface area contributed by atoms with Crippen LogP contribution in [0.1, 0.15) is 13.3 Å². The normalized spacial score (nSPS) is 10.4. The number of anilines is 1. The fraction of sp³-hybridized carbons (Fsp3) is 0.250. The molecule has 2 rings (SSSR count). The minimum Gasteiger partial charge on any atom is -0.476 e. The maximum atomic E-state index is 5.99. The van der Waals surface area contributed by atoms with Crippen molar-refractivity contribution in [3.63, 3.8) is 0 Å². The van der Waals surface area contributed by atoms with Crippen molar-refractivity contribution in [3.05, 3.63) is 29.1 Å². The van der Waals surface area contributed by atoms with Crippen molar-refractivity contribution >= 4 is 33.4 Å². The maximum Gasteiger partial charge on any atom is 0.241 e. The summed E-state index contributed by atoms with van der Waals surface area (Å²) in [6, 6.07) is 3.81. The van der Waals surface area contributed by atoms with Gasteiger partial charge in [0.05, 0.1) is 6.61 Å². The number of aromatic nitrogens is 3. The number of nitrogens with zero attached hydrogens (tertiary/aromatic N) is 3. The summed E-state index contributed by atoms with van der Waals surface area (Å²) in [5.74, 6) is 0.427. The third-order valence-electron chi connectivity index (χ3n) is 2.16. The predicted octanol–water partition coefficient (Wildman–Crippen LogP) is 3.16. The van der Waals surface area contributed by atoms with E-state index in [9.17, 15) is 0 Å². The van der Waals surface area contributed by atoms with Crippen LogP contribution in [-0.4, -0.2) is 21.6 Å². The molecule has 0 saturated heterocycles. The van der Waals surface area contributed by atoms with E-state index in [0.29, 0.717) is 23.2 Å². The number of pyridine rings is 1. The molecule has 2 aromatic rings. The minimum absolute atomic E-state index is 0.427. The first-order chi connectivity index (χ1) is 9.20. The lowest BCUT2D eigenvalue weighted by molar-refractivity contribution is 0.305. The Morgan fingerprint density at radius 2 is 2.16 bits per heavy atom. The summed E-state index contributed by atoms with van der Waals surface area (Å²) in [6.45, 7) is 2.61. The fourth-order valence-electron chi connectivity index (χ4n) is 1.28. The van der Waals surface area contributed by atoms with E-state index < -0.39 is 0 Å². The summed E-state index contributed by atoms with van der Waals surface area (Å²) in [5.41, 5.74) is 6.44. The van der Waals surface area contributed by atoms with Crippen LogP contribution in [0.4, 0.5) is 5.69 Å². The van der Waals surface area contributed by atoms with Crippen molar-refractivity contribution in [1.82, 2.24) is 15.0 Å². The van der Waals surface area contributed by atoms with Crippen molar-refractivity contribution in [1.29, 1.82) is 0 Å². The van der Waals surface area contributed by atoms with Crippen LogP contribution in [-0.2, 0) is 0 Å². The largest absolute Gasteiger partial charge is 0.476 e. The van der Waals surface area contributed by atoms with E-state index in [4.69, 9.17) is 10.5 Å². The van der Waals surface area contributed by atoms with Gasteiger partial charge in [-0.3, -0.25) is 0 Å². The van der Waals surface area contributed by atoms with E-state index in [2.05, 4.69) is 30.9 Å². The second-order valence-corrected chi connectivity index (χ2v) is 5.59. The van der Waals surface area contributed by atoms with E-state index in [1.165, 1.54) is 18.1 Å². The number of ether oxygens (including phenoxy) is 1. The van der Waals surface area contributed by atoms with Crippen LogP contribution in [0.2, 0.25) is 0 Å². The average Bonchev–Trinajstić information content (AvgIpc) is 2.42. The van der Waals surface area contributed by atoms with Crippen molar-refractivity contribution in [2.75, 3.05) is 12.3 Å². The Labute approximate surface area is 124 Å². The van der Waals surface area contributed by atoms with Gasteiger partial charge in [0.2, 0.25) is 5.88 Å². The highest BCUT2D eigenvalue weighted by Crippen LogP contribution is 2.33. The molecular weight excluding hydrogens is 328 g/mol. The van der Waals surface area contributed by atoms with Gasteiger partial charge in [-0.2, -0.15) is 4.98 Å². The van der Waals surface area contributed by atoms with Crippen molar-refractivity contribution in [2.45, 2.75) is 23.4 Å². The Morgan fingerprint density at radius 1 is 1.32 bits per heavy atom. The molecule has 0 aromatic carbocycles. The van der Waals surface area contributed by atoms with Crippen LogP contribution in [0.15, 0.2) is 39.2 Å². The van der Waals surface area contributed by atoms with Crippen LogP contribution >= 0.6 is 27.7 Å². The van der Waals surface area contributed by atoms with Gasteiger partial charge in [-0.05, 0) is 46.2 Å². The standard InChI is InChI=1S/C12H13BrN4OS/c1-2-5-18-11-10(14)12(17-7-16-11)19-9-4-3-8(13)6-15-9/h3-4,6-7H,2,5,14H2,1H3. The Morgan fingerprint density at radius 3 is 2.84 bits per heavy atom. The van der Waals surface area contributed by atoms with Gasteiger partial charge in [-0.15, -0.1) is 0 Å². The third-order valence-corrected chi connectivity index (χ3v) is 3.59. The minimum atomic E-state index is 0.427. The van der Waals surface area contributed by atoms with Gasteiger partial charge in [-0.25, -0.2) is 9.97 Å². The van der Waals surface area contributed by atoms with Crippen molar-refractivity contribution in [3.8, 4) is 5.88 Å². The molecule has 0 fully saturated rings. The summed E-state index contributed by atoms with van der Waals surface area (Å²) in [4.78, 5) is 12.5. The number of rotatable bonds is 5. The molecule has 0 amide bonds.